The van der Waals surface area contributed by atoms with Crippen molar-refractivity contribution in [1.29, 1.82) is 0 Å². The number of hydrogen-bond acceptors (Lipinski definition) is 2. The van der Waals surface area contributed by atoms with Gasteiger partial charge in [-0.2, -0.15) is 0 Å². The van der Waals surface area contributed by atoms with Crippen LogP contribution in [0, 0.1) is 0 Å². The molecule has 1 unspecified atom stereocenters. The number of nitrogens with zero attached hydrogens (tertiary/aromatic N) is 1. The Balaban J connectivity index is 1.57. The Morgan fingerprint density at radius 2 is 1.34 bits per heavy atom. The number of rotatable bonds is 8. The highest BCUT2D eigenvalue weighted by atomic mass is 32.2. The third-order valence-electron chi connectivity index (χ3n) is 4.69. The van der Waals surface area contributed by atoms with Gasteiger partial charge in [0, 0.05) is 36.7 Å². The van der Waals surface area contributed by atoms with Crippen molar-refractivity contribution in [2.75, 3.05) is 25.9 Å². The van der Waals surface area contributed by atoms with Crippen molar-refractivity contribution in [3.05, 3.63) is 102 Å². The first-order valence-corrected chi connectivity index (χ1v) is 11.1. The molecule has 4 nitrogen and oxygen atoms in total. The van der Waals surface area contributed by atoms with Gasteiger partial charge in [-0.1, -0.05) is 78.9 Å². The number of hydrogen-bond donors (Lipinski definition) is 2. The quantitative estimate of drug-likeness (QED) is 0.443. The molecule has 5 heteroatoms. The topological polar surface area (TPSA) is 53.5 Å². The number of nitrogens with one attached hydrogen (secondary N) is 2. The lowest BCUT2D eigenvalue weighted by molar-refractivity contribution is 0.680. The predicted molar refractivity (Wildman–Crippen MR) is 122 cm³/mol. The second-order valence-electron chi connectivity index (χ2n) is 6.62. The Morgan fingerprint density at radius 1 is 0.828 bits per heavy atom. The lowest BCUT2D eigenvalue weighted by Gasteiger charge is -2.20. The number of guanidine groups is 1. The van der Waals surface area contributed by atoms with E-state index in [2.05, 4.69) is 64.2 Å². The number of aliphatic imine (C=N–C) groups is 1. The molecular weight excluding hydrogens is 378 g/mol. The third-order valence-corrected chi connectivity index (χ3v) is 6.06. The molecule has 0 fully saturated rings. The maximum Gasteiger partial charge on any atom is 0.191 e. The van der Waals surface area contributed by atoms with Crippen LogP contribution in [-0.4, -0.2) is 36.1 Å². The molecule has 0 bridgehead atoms. The van der Waals surface area contributed by atoms with Gasteiger partial charge in [0.1, 0.15) is 0 Å². The molecule has 2 N–H and O–H groups in total. The molecule has 0 spiro atoms. The van der Waals surface area contributed by atoms with Crippen LogP contribution < -0.4 is 10.6 Å². The Hall–Kier alpha value is -2.92. The van der Waals surface area contributed by atoms with Crippen molar-refractivity contribution in [1.82, 2.24) is 10.6 Å². The highest BCUT2D eigenvalue weighted by molar-refractivity contribution is 7.85. The highest BCUT2D eigenvalue weighted by Crippen LogP contribution is 2.23. The van der Waals surface area contributed by atoms with Crippen LogP contribution in [0.3, 0.4) is 0 Å². The van der Waals surface area contributed by atoms with Crippen LogP contribution in [0.4, 0.5) is 0 Å². The predicted octanol–water partition coefficient (Wildman–Crippen LogP) is 3.79. The van der Waals surface area contributed by atoms with E-state index in [4.69, 9.17) is 0 Å². The van der Waals surface area contributed by atoms with Crippen molar-refractivity contribution in [2.24, 2.45) is 4.99 Å². The standard InChI is InChI=1S/C24H27N3OS/c1-25-24(26-17-18-29(28)22-15-9-4-10-16-22)27-19-23(20-11-5-2-6-12-20)21-13-7-3-8-14-21/h2-16,23H,17-19H2,1H3,(H2,25,26,27). The summed E-state index contributed by atoms with van der Waals surface area (Å²) in [6.07, 6.45) is 0. The molecule has 3 aromatic rings. The third kappa shape index (κ3) is 6.29. The van der Waals surface area contributed by atoms with Crippen molar-refractivity contribution >= 4 is 16.8 Å². The van der Waals surface area contributed by atoms with Crippen LogP contribution in [0.15, 0.2) is 101 Å². The molecule has 3 rings (SSSR count). The van der Waals surface area contributed by atoms with Gasteiger partial charge >= 0.3 is 0 Å². The summed E-state index contributed by atoms with van der Waals surface area (Å²) in [4.78, 5) is 5.16. The van der Waals surface area contributed by atoms with Gasteiger partial charge in [-0.15, -0.1) is 0 Å². The van der Waals surface area contributed by atoms with E-state index >= 15 is 0 Å². The monoisotopic (exact) mass is 405 g/mol. The fourth-order valence-corrected chi connectivity index (χ4v) is 4.15. The van der Waals surface area contributed by atoms with Crippen LogP contribution in [0.25, 0.3) is 0 Å². The fraction of sp³-hybridized carbons (Fsp3) is 0.208. The lowest BCUT2D eigenvalue weighted by Crippen LogP contribution is -2.41. The molecule has 3 aromatic carbocycles. The molecule has 0 aromatic heterocycles. The molecule has 0 saturated carbocycles. The Kier molecular flexibility index (Phi) is 8.01. The number of benzene rings is 3. The molecule has 0 amide bonds. The van der Waals surface area contributed by atoms with Gasteiger partial charge in [0.25, 0.3) is 0 Å². The van der Waals surface area contributed by atoms with E-state index < -0.39 is 10.8 Å². The second kappa shape index (κ2) is 11.2. The molecule has 0 radical (unpaired) electrons. The zero-order chi connectivity index (χ0) is 20.3. The molecule has 1 atom stereocenters. The summed E-state index contributed by atoms with van der Waals surface area (Å²) in [5, 5.41) is 6.69. The van der Waals surface area contributed by atoms with Crippen molar-refractivity contribution in [2.45, 2.75) is 10.8 Å². The summed E-state index contributed by atoms with van der Waals surface area (Å²) in [5.74, 6) is 1.47. The highest BCUT2D eigenvalue weighted by Gasteiger charge is 2.14. The van der Waals surface area contributed by atoms with Crippen molar-refractivity contribution in [3.8, 4) is 0 Å². The van der Waals surface area contributed by atoms with E-state index in [0.29, 0.717) is 18.3 Å². The molecule has 150 valence electrons. The fourth-order valence-electron chi connectivity index (χ4n) is 3.17. The largest absolute Gasteiger partial charge is 0.355 e. The first-order valence-electron chi connectivity index (χ1n) is 9.76. The van der Waals surface area contributed by atoms with Crippen LogP contribution in [0.2, 0.25) is 0 Å². The first-order chi connectivity index (χ1) is 14.3. The Morgan fingerprint density at radius 3 is 1.86 bits per heavy atom. The maximum atomic E-state index is 12.4. The second-order valence-corrected chi connectivity index (χ2v) is 8.19. The Bertz CT molecular complexity index is 875. The zero-order valence-corrected chi connectivity index (χ0v) is 17.4. The first kappa shape index (κ1) is 20.8. The molecule has 0 aliphatic rings. The summed E-state index contributed by atoms with van der Waals surface area (Å²) in [5.41, 5.74) is 2.51. The Labute approximate surface area is 175 Å². The average molecular weight is 406 g/mol. The smallest absolute Gasteiger partial charge is 0.191 e. The van der Waals surface area contributed by atoms with Crippen molar-refractivity contribution in [3.63, 3.8) is 0 Å². The van der Waals surface area contributed by atoms with Gasteiger partial charge in [-0.25, -0.2) is 0 Å². The molecule has 0 saturated heterocycles. The molecule has 29 heavy (non-hydrogen) atoms. The van der Waals surface area contributed by atoms with Crippen LogP contribution in [0.5, 0.6) is 0 Å². The minimum atomic E-state index is -1.02. The van der Waals surface area contributed by atoms with E-state index in [1.165, 1.54) is 11.1 Å². The molecule has 0 heterocycles. The minimum Gasteiger partial charge on any atom is -0.355 e. The summed E-state index contributed by atoms with van der Waals surface area (Å²) < 4.78 is 12.4. The summed E-state index contributed by atoms with van der Waals surface area (Å²) in [7, 11) is 0.734. The van der Waals surface area contributed by atoms with E-state index in [0.717, 1.165) is 11.4 Å². The summed E-state index contributed by atoms with van der Waals surface area (Å²) in [6, 6.07) is 30.5. The van der Waals surface area contributed by atoms with Crippen LogP contribution >= 0.6 is 0 Å². The van der Waals surface area contributed by atoms with Gasteiger partial charge in [-0.05, 0) is 23.3 Å². The summed E-state index contributed by atoms with van der Waals surface area (Å²) in [6.45, 7) is 1.30. The maximum absolute atomic E-state index is 12.4. The SMILES string of the molecule is CN=C(NCCS(=O)c1ccccc1)NCC(c1ccccc1)c1ccccc1. The van der Waals surface area contributed by atoms with E-state index in [9.17, 15) is 4.21 Å². The van der Waals surface area contributed by atoms with Gasteiger partial charge in [0.2, 0.25) is 0 Å². The zero-order valence-electron chi connectivity index (χ0n) is 16.6. The van der Waals surface area contributed by atoms with Gasteiger partial charge < -0.3 is 10.6 Å². The van der Waals surface area contributed by atoms with E-state index in [1.807, 2.05) is 42.5 Å². The van der Waals surface area contributed by atoms with Crippen LogP contribution in [0.1, 0.15) is 17.0 Å². The lowest BCUT2D eigenvalue weighted by atomic mass is 9.91. The van der Waals surface area contributed by atoms with Gasteiger partial charge in [0.15, 0.2) is 5.96 Å². The molecule has 0 aliphatic carbocycles. The average Bonchev–Trinajstić information content (AvgIpc) is 2.80. The van der Waals surface area contributed by atoms with Crippen molar-refractivity contribution < 1.29 is 4.21 Å². The van der Waals surface area contributed by atoms with E-state index in [-0.39, 0.29) is 5.92 Å². The normalized spacial score (nSPS) is 12.6. The van der Waals surface area contributed by atoms with Crippen LogP contribution in [-0.2, 0) is 10.8 Å². The minimum absolute atomic E-state index is 0.217. The van der Waals surface area contributed by atoms with Gasteiger partial charge in [0.05, 0.1) is 10.8 Å². The molecular formula is C24H27N3OS. The van der Waals surface area contributed by atoms with Gasteiger partial charge in [-0.3, -0.25) is 9.20 Å². The van der Waals surface area contributed by atoms with E-state index in [1.54, 1.807) is 7.05 Å². The molecule has 0 aliphatic heterocycles. The summed E-state index contributed by atoms with van der Waals surface area (Å²) >= 11 is 0.